The van der Waals surface area contributed by atoms with Crippen molar-refractivity contribution in [3.05, 3.63) is 24.3 Å². The zero-order valence-electron chi connectivity index (χ0n) is 15.4. The highest BCUT2D eigenvalue weighted by molar-refractivity contribution is 7.89. The molecule has 0 aromatic heterocycles. The van der Waals surface area contributed by atoms with E-state index in [-0.39, 0.29) is 16.7 Å². The summed E-state index contributed by atoms with van der Waals surface area (Å²) >= 11 is 0. The summed E-state index contributed by atoms with van der Waals surface area (Å²) in [7, 11) is -2.25. The second-order valence-corrected chi connectivity index (χ2v) is 8.74. The molecular formula is C18H28N2O4S. The van der Waals surface area contributed by atoms with Gasteiger partial charge < -0.3 is 9.64 Å². The summed E-state index contributed by atoms with van der Waals surface area (Å²) in [6, 6.07) is 5.37. The molecule has 1 unspecified atom stereocenters. The first-order valence-electron chi connectivity index (χ1n) is 8.69. The summed E-state index contributed by atoms with van der Waals surface area (Å²) in [6.45, 7) is 7.26. The van der Waals surface area contributed by atoms with E-state index in [2.05, 4.69) is 11.6 Å². The molecule has 1 aliphatic rings. The van der Waals surface area contributed by atoms with E-state index in [1.165, 1.54) is 19.2 Å². The highest BCUT2D eigenvalue weighted by atomic mass is 32.2. The van der Waals surface area contributed by atoms with Crippen molar-refractivity contribution in [1.82, 2.24) is 9.62 Å². The summed E-state index contributed by atoms with van der Waals surface area (Å²) in [6.07, 6.45) is 1.92. The number of rotatable bonds is 6. The van der Waals surface area contributed by atoms with E-state index in [9.17, 15) is 13.2 Å². The normalized spacial score (nSPS) is 17.6. The van der Waals surface area contributed by atoms with Crippen LogP contribution in [0.4, 0.5) is 0 Å². The number of likely N-dealkylation sites (tertiary alicyclic amines) is 1. The minimum atomic E-state index is -3.78. The summed E-state index contributed by atoms with van der Waals surface area (Å²) < 4.78 is 33.0. The molecule has 0 aliphatic carbocycles. The lowest BCUT2D eigenvalue weighted by molar-refractivity contribution is -0.135. The van der Waals surface area contributed by atoms with E-state index in [1.54, 1.807) is 17.0 Å². The number of methoxy groups -OCH3 is 1. The van der Waals surface area contributed by atoms with E-state index in [4.69, 9.17) is 4.74 Å². The molecule has 1 saturated heterocycles. The van der Waals surface area contributed by atoms with Crippen LogP contribution < -0.4 is 9.46 Å². The lowest BCUT2D eigenvalue weighted by atomic mass is 9.97. The fourth-order valence-electron chi connectivity index (χ4n) is 2.89. The van der Waals surface area contributed by atoms with Crippen LogP contribution >= 0.6 is 0 Å². The fourth-order valence-corrected chi connectivity index (χ4v) is 4.23. The molecule has 140 valence electrons. The van der Waals surface area contributed by atoms with Gasteiger partial charge in [0.1, 0.15) is 11.8 Å². The van der Waals surface area contributed by atoms with Crippen molar-refractivity contribution in [1.29, 1.82) is 0 Å². The topological polar surface area (TPSA) is 75.7 Å². The SMILES string of the molecule is COc1ccc(S(=O)(=O)NC(C(=O)N2CCC(C)CC2)C(C)C)cc1. The standard InChI is InChI=1S/C18H28N2O4S/c1-13(2)17(18(21)20-11-9-14(3)10-12-20)19-25(22,23)16-7-5-15(24-4)6-8-16/h5-8,13-14,17,19H,9-12H2,1-4H3. The first-order chi connectivity index (χ1) is 11.7. The Morgan fingerprint density at radius 1 is 1.20 bits per heavy atom. The van der Waals surface area contributed by atoms with E-state index in [1.807, 2.05) is 13.8 Å². The number of amides is 1. The number of nitrogens with one attached hydrogen (secondary N) is 1. The highest BCUT2D eigenvalue weighted by Gasteiger charge is 2.32. The number of ether oxygens (including phenoxy) is 1. The third-order valence-corrected chi connectivity index (χ3v) is 6.14. The first-order valence-corrected chi connectivity index (χ1v) is 10.2. The Bertz CT molecular complexity index is 678. The van der Waals surface area contributed by atoms with E-state index in [0.717, 1.165) is 12.8 Å². The Kier molecular flexibility index (Phi) is 6.46. The maximum absolute atomic E-state index is 12.8. The first kappa shape index (κ1) is 19.7. The van der Waals surface area contributed by atoms with Crippen LogP contribution in [0.3, 0.4) is 0 Å². The lowest BCUT2D eigenvalue weighted by Crippen LogP contribution is -2.52. The maximum atomic E-state index is 12.8. The molecule has 6 nitrogen and oxygen atoms in total. The van der Waals surface area contributed by atoms with Crippen molar-refractivity contribution in [3.63, 3.8) is 0 Å². The second kappa shape index (κ2) is 8.19. The molecule has 0 spiro atoms. The zero-order valence-corrected chi connectivity index (χ0v) is 16.2. The van der Waals surface area contributed by atoms with Gasteiger partial charge in [0.2, 0.25) is 15.9 Å². The molecule has 0 saturated carbocycles. The predicted octanol–water partition coefficient (Wildman–Crippen LogP) is 2.26. The van der Waals surface area contributed by atoms with Gasteiger partial charge in [0, 0.05) is 13.1 Å². The summed E-state index contributed by atoms with van der Waals surface area (Å²) in [4.78, 5) is 14.7. The molecule has 0 radical (unpaired) electrons. The van der Waals surface area contributed by atoms with Gasteiger partial charge in [-0.25, -0.2) is 8.42 Å². The third-order valence-electron chi connectivity index (χ3n) is 4.68. The molecule has 1 aromatic rings. The molecule has 1 aromatic carbocycles. The van der Waals surface area contributed by atoms with Crippen LogP contribution in [-0.4, -0.2) is 45.5 Å². The van der Waals surface area contributed by atoms with E-state index < -0.39 is 16.1 Å². The Morgan fingerprint density at radius 3 is 2.24 bits per heavy atom. The number of hydrogen-bond donors (Lipinski definition) is 1. The maximum Gasteiger partial charge on any atom is 0.241 e. The van der Waals surface area contributed by atoms with Gasteiger partial charge in [0.05, 0.1) is 12.0 Å². The van der Waals surface area contributed by atoms with Crippen LogP contribution in [0.15, 0.2) is 29.2 Å². The van der Waals surface area contributed by atoms with Gasteiger partial charge in [-0.05, 0) is 48.9 Å². The average Bonchev–Trinajstić information content (AvgIpc) is 2.59. The van der Waals surface area contributed by atoms with Crippen LogP contribution in [0.25, 0.3) is 0 Å². The van der Waals surface area contributed by atoms with Gasteiger partial charge in [-0.3, -0.25) is 4.79 Å². The number of carbonyl (C=O) groups is 1. The number of benzene rings is 1. The molecule has 1 heterocycles. The zero-order chi connectivity index (χ0) is 18.6. The van der Waals surface area contributed by atoms with Crippen LogP contribution in [0.2, 0.25) is 0 Å². The van der Waals surface area contributed by atoms with Gasteiger partial charge in [-0.2, -0.15) is 4.72 Å². The Labute approximate surface area is 150 Å². The summed E-state index contributed by atoms with van der Waals surface area (Å²) in [5.74, 6) is 0.911. The molecule has 25 heavy (non-hydrogen) atoms. The van der Waals surface area contributed by atoms with Crippen molar-refractivity contribution in [3.8, 4) is 5.75 Å². The minimum Gasteiger partial charge on any atom is -0.497 e. The summed E-state index contributed by atoms with van der Waals surface area (Å²) in [5.41, 5.74) is 0. The van der Waals surface area contributed by atoms with E-state index in [0.29, 0.717) is 24.8 Å². The van der Waals surface area contributed by atoms with Crippen LogP contribution in [-0.2, 0) is 14.8 Å². The monoisotopic (exact) mass is 368 g/mol. The lowest BCUT2D eigenvalue weighted by Gasteiger charge is -2.34. The molecule has 7 heteroatoms. The molecule has 1 N–H and O–H groups in total. The van der Waals surface area contributed by atoms with Crippen LogP contribution in [0, 0.1) is 11.8 Å². The average molecular weight is 368 g/mol. The Hall–Kier alpha value is -1.60. The van der Waals surface area contributed by atoms with Gasteiger partial charge in [0.15, 0.2) is 0 Å². The molecule has 1 aliphatic heterocycles. The molecule has 1 fully saturated rings. The van der Waals surface area contributed by atoms with Crippen molar-refractivity contribution >= 4 is 15.9 Å². The molecule has 1 amide bonds. The number of sulfonamides is 1. The van der Waals surface area contributed by atoms with Gasteiger partial charge in [-0.1, -0.05) is 20.8 Å². The molecule has 2 rings (SSSR count). The fraction of sp³-hybridized carbons (Fsp3) is 0.611. The smallest absolute Gasteiger partial charge is 0.241 e. The Balaban J connectivity index is 2.15. The quantitative estimate of drug-likeness (QED) is 0.836. The molecular weight excluding hydrogens is 340 g/mol. The largest absolute Gasteiger partial charge is 0.497 e. The van der Waals surface area contributed by atoms with Crippen molar-refractivity contribution in [2.24, 2.45) is 11.8 Å². The number of carbonyl (C=O) groups excluding carboxylic acids is 1. The number of piperidine rings is 1. The minimum absolute atomic E-state index is 0.124. The van der Waals surface area contributed by atoms with Crippen molar-refractivity contribution in [2.45, 2.75) is 44.6 Å². The number of nitrogens with zero attached hydrogens (tertiary/aromatic N) is 1. The highest BCUT2D eigenvalue weighted by Crippen LogP contribution is 2.20. The third kappa shape index (κ3) is 4.95. The second-order valence-electron chi connectivity index (χ2n) is 7.03. The summed E-state index contributed by atoms with van der Waals surface area (Å²) in [5, 5.41) is 0. The molecule has 1 atom stereocenters. The van der Waals surface area contributed by atoms with E-state index >= 15 is 0 Å². The van der Waals surface area contributed by atoms with Gasteiger partial charge in [-0.15, -0.1) is 0 Å². The van der Waals surface area contributed by atoms with Crippen LogP contribution in [0.5, 0.6) is 5.75 Å². The van der Waals surface area contributed by atoms with Crippen molar-refractivity contribution in [2.75, 3.05) is 20.2 Å². The van der Waals surface area contributed by atoms with Crippen LogP contribution in [0.1, 0.15) is 33.6 Å². The van der Waals surface area contributed by atoms with Gasteiger partial charge in [0.25, 0.3) is 0 Å². The Morgan fingerprint density at radius 2 is 1.76 bits per heavy atom. The van der Waals surface area contributed by atoms with Gasteiger partial charge >= 0.3 is 0 Å². The predicted molar refractivity (Wildman–Crippen MR) is 96.9 cm³/mol. The number of hydrogen-bond acceptors (Lipinski definition) is 4. The van der Waals surface area contributed by atoms with Crippen molar-refractivity contribution < 1.29 is 17.9 Å². The molecule has 0 bridgehead atoms.